The van der Waals surface area contributed by atoms with Crippen molar-refractivity contribution >= 4 is 6.29 Å². The van der Waals surface area contributed by atoms with Crippen LogP contribution in [0.3, 0.4) is 0 Å². The lowest BCUT2D eigenvalue weighted by Crippen LogP contribution is -2.70. The van der Waals surface area contributed by atoms with E-state index in [1.54, 1.807) is 0 Å². The molecule has 0 aliphatic rings. The fourth-order valence-corrected chi connectivity index (χ4v) is 0.856. The zero-order valence-electron chi connectivity index (χ0n) is 9.40. The lowest BCUT2D eigenvalue weighted by molar-refractivity contribution is -0.435. The number of carbonyl (C=O) groups is 1. The molecule has 0 amide bonds. The van der Waals surface area contributed by atoms with E-state index < -0.39 is 42.1 Å². The van der Waals surface area contributed by atoms with Gasteiger partial charge >= 0.3 is 35.8 Å². The molecule has 2 N–H and O–H groups in total. The minimum Gasteiger partial charge on any atom is -0.412 e. The molecule has 0 aromatic carbocycles. The molecule has 0 spiro atoms. The molecule has 0 aliphatic heterocycles. The maximum absolute atomic E-state index is 12.6. The SMILES string of the molecule is O.O=CC(F)(F)C(F)(F)C(F)(F)C(F)(F)C(F)(F)C(F)(F)F. The molecule has 0 rings (SSSR count). The minimum absolute atomic E-state index is 0. The highest BCUT2D eigenvalue weighted by Gasteiger charge is 2.90. The highest BCUT2D eigenvalue weighted by atomic mass is 19.4. The normalized spacial score (nSPS) is 15.3. The van der Waals surface area contributed by atoms with Crippen LogP contribution in [-0.2, 0) is 4.79 Å². The predicted octanol–water partition coefficient (Wildman–Crippen LogP) is 3.10. The van der Waals surface area contributed by atoms with Crippen LogP contribution in [-0.4, -0.2) is 47.6 Å². The van der Waals surface area contributed by atoms with E-state index >= 15 is 0 Å². The van der Waals surface area contributed by atoms with Crippen molar-refractivity contribution in [3.8, 4) is 0 Å². The van der Waals surface area contributed by atoms with Gasteiger partial charge in [-0.1, -0.05) is 0 Å². The van der Waals surface area contributed by atoms with Gasteiger partial charge in [0.25, 0.3) is 0 Å². The number of halogens is 13. The Morgan fingerprint density at radius 3 is 1.00 bits per heavy atom. The lowest BCUT2D eigenvalue weighted by atomic mass is 9.94. The number of alkyl halides is 13. The summed E-state index contributed by atoms with van der Waals surface area (Å²) in [5.74, 6) is -37.8. The van der Waals surface area contributed by atoms with Crippen molar-refractivity contribution in [2.45, 2.75) is 35.8 Å². The molecule has 0 bridgehead atoms. The van der Waals surface area contributed by atoms with E-state index in [2.05, 4.69) is 0 Å². The molecule has 0 atom stereocenters. The van der Waals surface area contributed by atoms with Gasteiger partial charge in [0.15, 0.2) is 6.29 Å². The zero-order chi connectivity index (χ0) is 17.7. The Hall–Kier alpha value is -1.28. The van der Waals surface area contributed by atoms with Crippen molar-refractivity contribution in [2.75, 3.05) is 0 Å². The van der Waals surface area contributed by atoms with Crippen molar-refractivity contribution in [2.24, 2.45) is 0 Å². The quantitative estimate of drug-likeness (QED) is 0.545. The molecule has 0 aliphatic carbocycles. The molecule has 0 heterocycles. The Balaban J connectivity index is 0. The number of rotatable bonds is 5. The first-order chi connectivity index (χ1) is 8.81. The number of hydrogen-bond donors (Lipinski definition) is 0. The second kappa shape index (κ2) is 5.42. The summed E-state index contributed by atoms with van der Waals surface area (Å²) < 4.78 is 159. The van der Waals surface area contributed by atoms with Gasteiger partial charge in [-0.25, -0.2) is 0 Å². The largest absolute Gasteiger partial charge is 0.460 e. The molecule has 0 unspecified atom stereocenters. The highest BCUT2D eigenvalue weighted by Crippen LogP contribution is 2.59. The molecule has 134 valence electrons. The summed E-state index contributed by atoms with van der Waals surface area (Å²) in [5, 5.41) is 0. The topological polar surface area (TPSA) is 48.6 Å². The summed E-state index contributed by atoms with van der Waals surface area (Å²) in [7, 11) is 0. The van der Waals surface area contributed by atoms with Crippen LogP contribution in [0.15, 0.2) is 0 Å². The van der Waals surface area contributed by atoms with Crippen LogP contribution in [0.4, 0.5) is 57.1 Å². The summed E-state index contributed by atoms with van der Waals surface area (Å²) in [6.07, 6.45) is -9.74. The zero-order valence-corrected chi connectivity index (χ0v) is 9.40. The van der Waals surface area contributed by atoms with Gasteiger partial charge in [-0.3, -0.25) is 4.79 Å². The minimum atomic E-state index is -7.96. The van der Waals surface area contributed by atoms with Gasteiger partial charge in [-0.05, 0) is 0 Å². The van der Waals surface area contributed by atoms with E-state index in [0.717, 1.165) is 0 Å². The van der Waals surface area contributed by atoms with Crippen molar-refractivity contribution in [3.05, 3.63) is 0 Å². The van der Waals surface area contributed by atoms with Crippen LogP contribution < -0.4 is 0 Å². The van der Waals surface area contributed by atoms with E-state index in [-0.39, 0.29) is 5.48 Å². The smallest absolute Gasteiger partial charge is 0.412 e. The molecule has 2 nitrogen and oxygen atoms in total. The van der Waals surface area contributed by atoms with Crippen LogP contribution in [0.2, 0.25) is 0 Å². The Kier molecular flexibility index (Phi) is 5.66. The fourth-order valence-electron chi connectivity index (χ4n) is 0.856. The fraction of sp³-hybridized carbons (Fsp3) is 0.857. The van der Waals surface area contributed by atoms with Gasteiger partial charge in [-0.15, -0.1) is 0 Å². The number of aldehydes is 1. The Bertz CT molecular complexity index is 409. The van der Waals surface area contributed by atoms with E-state index in [0.29, 0.717) is 0 Å². The molecule has 0 saturated heterocycles. The number of hydrogen-bond acceptors (Lipinski definition) is 1. The highest BCUT2D eigenvalue weighted by molar-refractivity contribution is 5.62. The number of carbonyl (C=O) groups excluding carboxylic acids is 1. The summed E-state index contributed by atoms with van der Waals surface area (Å²) in [6.45, 7) is 0. The Labute approximate surface area is 111 Å². The van der Waals surface area contributed by atoms with Crippen LogP contribution >= 0.6 is 0 Å². The molecule has 0 aromatic heterocycles. The third-order valence-electron chi connectivity index (χ3n) is 2.11. The van der Waals surface area contributed by atoms with Gasteiger partial charge < -0.3 is 5.48 Å². The first kappa shape index (κ1) is 23.0. The summed E-state index contributed by atoms with van der Waals surface area (Å²) in [5.41, 5.74) is 0. The van der Waals surface area contributed by atoms with E-state index in [1.165, 1.54) is 0 Å². The first-order valence-electron chi connectivity index (χ1n) is 4.23. The molecule has 0 saturated carbocycles. The molecule has 22 heavy (non-hydrogen) atoms. The average Bonchev–Trinajstić information content (AvgIpc) is 2.26. The third kappa shape index (κ3) is 2.69. The second-order valence-corrected chi connectivity index (χ2v) is 3.54. The van der Waals surface area contributed by atoms with Crippen molar-refractivity contribution in [3.63, 3.8) is 0 Å². The Morgan fingerprint density at radius 2 is 0.773 bits per heavy atom. The van der Waals surface area contributed by atoms with Crippen LogP contribution in [0.25, 0.3) is 0 Å². The maximum Gasteiger partial charge on any atom is 0.460 e. The van der Waals surface area contributed by atoms with Crippen molar-refractivity contribution in [1.82, 2.24) is 0 Å². The molecular weight excluding hydrogens is 363 g/mol. The van der Waals surface area contributed by atoms with Gasteiger partial charge in [-0.2, -0.15) is 57.1 Å². The molecule has 0 fully saturated rings. The van der Waals surface area contributed by atoms with Crippen molar-refractivity contribution < 1.29 is 67.3 Å². The molecule has 0 radical (unpaired) electrons. The second-order valence-electron chi connectivity index (χ2n) is 3.54. The van der Waals surface area contributed by atoms with Gasteiger partial charge in [0.1, 0.15) is 0 Å². The van der Waals surface area contributed by atoms with E-state index in [1.807, 2.05) is 0 Å². The average molecular weight is 366 g/mol. The maximum atomic E-state index is 12.6. The molecule has 15 heteroatoms. The van der Waals surface area contributed by atoms with Crippen molar-refractivity contribution in [1.29, 1.82) is 0 Å². The van der Waals surface area contributed by atoms with Crippen LogP contribution in [0.5, 0.6) is 0 Å². The molecule has 0 aromatic rings. The summed E-state index contributed by atoms with van der Waals surface area (Å²) in [6, 6.07) is 0. The van der Waals surface area contributed by atoms with E-state index in [9.17, 15) is 61.9 Å². The third-order valence-corrected chi connectivity index (χ3v) is 2.11. The van der Waals surface area contributed by atoms with E-state index in [4.69, 9.17) is 0 Å². The standard InChI is InChI=1S/C7HF13O.H2O/c8-2(9,1-21)3(10,11)4(12,13)5(14,15)6(16,17)7(18,19)20;/h1H;1H2. The molecular formula is C7H3F13O2. The first-order valence-corrected chi connectivity index (χ1v) is 4.23. The monoisotopic (exact) mass is 366 g/mol. The van der Waals surface area contributed by atoms with Crippen LogP contribution in [0.1, 0.15) is 0 Å². The predicted molar refractivity (Wildman–Crippen MR) is 40.5 cm³/mol. The lowest BCUT2D eigenvalue weighted by Gasteiger charge is -2.38. The summed E-state index contributed by atoms with van der Waals surface area (Å²) in [4.78, 5) is 9.48. The van der Waals surface area contributed by atoms with Crippen LogP contribution in [0, 0.1) is 0 Å². The van der Waals surface area contributed by atoms with Gasteiger partial charge in [0, 0.05) is 0 Å². The van der Waals surface area contributed by atoms with Gasteiger partial charge in [0.05, 0.1) is 0 Å². The summed E-state index contributed by atoms with van der Waals surface area (Å²) >= 11 is 0. The Morgan fingerprint density at radius 1 is 0.500 bits per heavy atom. The van der Waals surface area contributed by atoms with Gasteiger partial charge in [0.2, 0.25) is 0 Å².